The van der Waals surface area contributed by atoms with Crippen LogP contribution in [0.5, 0.6) is 0 Å². The Bertz CT molecular complexity index is 1520. The Kier molecular flexibility index (Phi) is 8.23. The predicted octanol–water partition coefficient (Wildman–Crippen LogP) is 3.10. The van der Waals surface area contributed by atoms with Gasteiger partial charge in [-0.2, -0.15) is 18.4 Å². The minimum Gasteiger partial charge on any atom is -0.342 e. The molecule has 9 nitrogen and oxygen atoms in total. The summed E-state index contributed by atoms with van der Waals surface area (Å²) in [5, 5.41) is 16.6. The fourth-order valence-electron chi connectivity index (χ4n) is 5.43. The van der Waals surface area contributed by atoms with E-state index in [2.05, 4.69) is 10.6 Å². The summed E-state index contributed by atoms with van der Waals surface area (Å²) in [6, 6.07) is 6.26. The van der Waals surface area contributed by atoms with E-state index in [0.29, 0.717) is 5.69 Å². The smallest absolute Gasteiger partial charge is 0.342 e. The number of fused-ring (bicyclic) bond motifs is 2. The molecule has 1 saturated heterocycles. The predicted molar refractivity (Wildman–Crippen MR) is 142 cm³/mol. The van der Waals surface area contributed by atoms with Gasteiger partial charge in [-0.15, -0.1) is 0 Å². The van der Waals surface area contributed by atoms with Gasteiger partial charge in [0.1, 0.15) is 29.8 Å². The third kappa shape index (κ3) is 6.16. The molecule has 4 amide bonds. The summed E-state index contributed by atoms with van der Waals surface area (Å²) < 4.78 is 68.0. The van der Waals surface area contributed by atoms with E-state index < -0.39 is 76.8 Å². The summed E-state index contributed by atoms with van der Waals surface area (Å²) in [6.07, 6.45) is -5.97. The molecule has 0 aromatic heterocycles. The van der Waals surface area contributed by atoms with E-state index in [9.17, 15) is 46.4 Å². The van der Waals surface area contributed by atoms with Crippen LogP contribution in [0.25, 0.3) is 0 Å². The van der Waals surface area contributed by atoms with Crippen molar-refractivity contribution in [1.29, 1.82) is 5.26 Å². The average molecular weight is 606 g/mol. The van der Waals surface area contributed by atoms with Gasteiger partial charge >= 0.3 is 12.1 Å². The van der Waals surface area contributed by atoms with Crippen LogP contribution in [-0.4, -0.2) is 59.4 Å². The number of nitrogens with one attached hydrogen (secondary N) is 3. The number of nitriles is 1. The van der Waals surface area contributed by atoms with Crippen LogP contribution in [0.2, 0.25) is 0 Å². The molecule has 4 atom stereocenters. The molecule has 1 spiro atoms. The third-order valence-electron chi connectivity index (χ3n) is 7.63. The molecular weight excluding hydrogens is 577 g/mol. The molecule has 4 rings (SSSR count). The number of amides is 4. The monoisotopic (exact) mass is 605 g/mol. The molecule has 2 aromatic carbocycles. The number of benzene rings is 2. The molecule has 2 aromatic rings. The number of halogens is 5. The highest BCUT2D eigenvalue weighted by Crippen LogP contribution is 2.46. The number of carbonyl (C=O) groups excluding carboxylic acids is 4. The molecule has 0 unspecified atom stereocenters. The van der Waals surface area contributed by atoms with E-state index in [-0.39, 0.29) is 24.1 Å². The molecule has 0 saturated carbocycles. The maximum Gasteiger partial charge on any atom is 0.471 e. The van der Waals surface area contributed by atoms with Crippen molar-refractivity contribution in [3.8, 4) is 6.07 Å². The first-order valence-electron chi connectivity index (χ1n) is 13.2. The summed E-state index contributed by atoms with van der Waals surface area (Å²) in [5.41, 5.74) is -2.23. The lowest BCUT2D eigenvalue weighted by Gasteiger charge is -2.33. The number of alkyl halides is 3. The highest BCUT2D eigenvalue weighted by atomic mass is 19.4. The Morgan fingerprint density at radius 1 is 1.12 bits per heavy atom. The van der Waals surface area contributed by atoms with Crippen LogP contribution in [0.4, 0.5) is 27.6 Å². The fraction of sp³-hybridized carbons (Fsp3) is 0.414. The zero-order chi connectivity index (χ0) is 31.9. The highest BCUT2D eigenvalue weighted by molar-refractivity contribution is 6.07. The highest BCUT2D eigenvalue weighted by Gasteiger charge is 2.57. The third-order valence-corrected chi connectivity index (χ3v) is 7.63. The molecule has 1 fully saturated rings. The Hall–Kier alpha value is -4.54. The van der Waals surface area contributed by atoms with Crippen LogP contribution in [0.1, 0.15) is 38.3 Å². The van der Waals surface area contributed by atoms with E-state index in [4.69, 9.17) is 0 Å². The minimum atomic E-state index is -5.30. The molecule has 0 bridgehead atoms. The van der Waals surface area contributed by atoms with Gasteiger partial charge in [-0.3, -0.25) is 19.2 Å². The van der Waals surface area contributed by atoms with Gasteiger partial charge in [0.15, 0.2) is 0 Å². The van der Waals surface area contributed by atoms with Gasteiger partial charge in [0, 0.05) is 25.1 Å². The van der Waals surface area contributed by atoms with E-state index in [1.807, 2.05) is 6.07 Å². The zero-order valence-electron chi connectivity index (χ0n) is 23.3. The van der Waals surface area contributed by atoms with E-state index >= 15 is 0 Å². The van der Waals surface area contributed by atoms with Crippen molar-refractivity contribution in [3.63, 3.8) is 0 Å². The standard InChI is InChI=1S/C29H28F5N5O4/c1-27(2,3)22(38-26(43)29(32,33)34)23(40)36-21(10-15-6-4-5-7-19(15)31)24(41)39-14-28(12-17(39)13-35)18-11-16(30)8-9-20(18)37-25(28)42/h4-9,11,17,21-22H,10,12,14H2,1-3H3,(H,36,40)(H,37,42)(H,38,43)/t17-,21-,22+,28-/m0/s1. The Morgan fingerprint density at radius 2 is 1.79 bits per heavy atom. The lowest BCUT2D eigenvalue weighted by atomic mass is 9.79. The van der Waals surface area contributed by atoms with Crippen molar-refractivity contribution in [2.75, 3.05) is 11.9 Å². The van der Waals surface area contributed by atoms with Crippen molar-refractivity contribution in [3.05, 3.63) is 65.2 Å². The Labute approximate surface area is 243 Å². The second kappa shape index (κ2) is 11.3. The first-order chi connectivity index (χ1) is 20.0. The van der Waals surface area contributed by atoms with Gasteiger partial charge in [-0.05, 0) is 40.8 Å². The summed E-state index contributed by atoms with van der Waals surface area (Å²) in [4.78, 5) is 53.3. The van der Waals surface area contributed by atoms with Crippen molar-refractivity contribution in [1.82, 2.24) is 15.5 Å². The minimum absolute atomic E-state index is 0.0266. The second-order valence-electron chi connectivity index (χ2n) is 11.7. The van der Waals surface area contributed by atoms with Gasteiger partial charge in [0.05, 0.1) is 11.5 Å². The van der Waals surface area contributed by atoms with E-state index in [1.54, 1.807) is 5.32 Å². The number of rotatable bonds is 6. The molecule has 0 radical (unpaired) electrons. The number of likely N-dealkylation sites (tertiary alicyclic amines) is 1. The molecule has 43 heavy (non-hydrogen) atoms. The topological polar surface area (TPSA) is 131 Å². The normalized spacial score (nSPS) is 21.0. The molecule has 228 valence electrons. The summed E-state index contributed by atoms with van der Waals surface area (Å²) in [7, 11) is 0. The van der Waals surface area contributed by atoms with Crippen LogP contribution in [0.15, 0.2) is 42.5 Å². The van der Waals surface area contributed by atoms with Crippen LogP contribution >= 0.6 is 0 Å². The molecule has 0 aliphatic carbocycles. The molecule has 2 aliphatic heterocycles. The number of anilines is 1. The number of nitrogens with zero attached hydrogens (tertiary/aromatic N) is 2. The number of carbonyl (C=O) groups is 4. The van der Waals surface area contributed by atoms with Crippen molar-refractivity contribution in [2.45, 2.75) is 63.3 Å². The Balaban J connectivity index is 1.69. The van der Waals surface area contributed by atoms with Gasteiger partial charge in [0.2, 0.25) is 17.7 Å². The van der Waals surface area contributed by atoms with Gasteiger partial charge < -0.3 is 20.9 Å². The maximum atomic E-state index is 14.7. The number of hydrogen-bond acceptors (Lipinski definition) is 5. The van der Waals surface area contributed by atoms with Crippen molar-refractivity contribution >= 4 is 29.3 Å². The summed E-state index contributed by atoms with van der Waals surface area (Å²) >= 11 is 0. The maximum absolute atomic E-state index is 14.7. The van der Waals surface area contributed by atoms with E-state index in [0.717, 1.165) is 23.1 Å². The van der Waals surface area contributed by atoms with Gasteiger partial charge in [-0.1, -0.05) is 39.0 Å². The lowest BCUT2D eigenvalue weighted by molar-refractivity contribution is -0.175. The van der Waals surface area contributed by atoms with E-state index in [1.165, 1.54) is 45.0 Å². The SMILES string of the molecule is CC(C)(C)[C@H](NC(=O)C(F)(F)F)C(=O)N[C@@H](Cc1ccccc1F)C(=O)N1C[C@]2(C[C@H]1C#N)C(=O)Nc1ccc(F)cc12. The van der Waals surface area contributed by atoms with Crippen LogP contribution < -0.4 is 16.0 Å². The second-order valence-corrected chi connectivity index (χ2v) is 11.7. The fourth-order valence-corrected chi connectivity index (χ4v) is 5.43. The zero-order valence-corrected chi connectivity index (χ0v) is 23.3. The van der Waals surface area contributed by atoms with Gasteiger partial charge in [0.25, 0.3) is 0 Å². The van der Waals surface area contributed by atoms with Crippen molar-refractivity contribution < 1.29 is 41.1 Å². The quantitative estimate of drug-likeness (QED) is 0.436. The average Bonchev–Trinajstić information content (AvgIpc) is 3.44. The Morgan fingerprint density at radius 3 is 2.40 bits per heavy atom. The molecular formula is C29H28F5N5O4. The summed E-state index contributed by atoms with van der Waals surface area (Å²) in [6.45, 7) is 3.80. The first kappa shape index (κ1) is 31.4. The number of hydrogen-bond donors (Lipinski definition) is 3. The molecule has 2 aliphatic rings. The molecule has 2 heterocycles. The van der Waals surface area contributed by atoms with Crippen LogP contribution in [-0.2, 0) is 31.0 Å². The van der Waals surface area contributed by atoms with Crippen LogP contribution in [0.3, 0.4) is 0 Å². The summed E-state index contributed by atoms with van der Waals surface area (Å²) in [5.74, 6) is -6.40. The molecule has 3 N–H and O–H groups in total. The van der Waals surface area contributed by atoms with Gasteiger partial charge in [-0.25, -0.2) is 8.78 Å². The van der Waals surface area contributed by atoms with Crippen molar-refractivity contribution in [2.24, 2.45) is 5.41 Å². The lowest BCUT2D eigenvalue weighted by Crippen LogP contribution is -2.60. The first-order valence-corrected chi connectivity index (χ1v) is 13.2. The van der Waals surface area contributed by atoms with Crippen LogP contribution in [0, 0.1) is 28.4 Å². The molecule has 14 heteroatoms. The largest absolute Gasteiger partial charge is 0.471 e.